The van der Waals surface area contributed by atoms with Gasteiger partial charge in [-0.3, -0.25) is 14.6 Å². The normalized spacial score (nSPS) is 21.1. The van der Waals surface area contributed by atoms with Crippen molar-refractivity contribution in [2.45, 2.75) is 84.3 Å². The number of hydrogen-bond donors (Lipinski definition) is 1. The van der Waals surface area contributed by atoms with E-state index >= 15 is 0 Å². The van der Waals surface area contributed by atoms with Crippen molar-refractivity contribution in [1.82, 2.24) is 10.2 Å². The average Bonchev–Trinajstić information content (AvgIpc) is 3.20. The SMILES string of the molecule is CC[C@H](c1ccc(C(=O)NCCC(=O)[O-])cc1)N1C(=O)C(c2cc(Cl)cc(Cl)c2)=NC12CCC(C(C)(C)CC)CC2.[Na+]. The molecule has 1 atom stereocenters. The molecule has 0 saturated heterocycles. The predicted molar refractivity (Wildman–Crippen MR) is 160 cm³/mol. The van der Waals surface area contributed by atoms with Gasteiger partial charge in [-0.1, -0.05) is 69.5 Å². The van der Waals surface area contributed by atoms with Crippen LogP contribution in [0.2, 0.25) is 10.0 Å². The Labute approximate surface area is 280 Å². The molecule has 1 spiro atoms. The fourth-order valence-electron chi connectivity index (χ4n) is 6.23. The first kappa shape index (κ1) is 34.6. The second-order valence-corrected chi connectivity index (χ2v) is 12.7. The summed E-state index contributed by atoms with van der Waals surface area (Å²) in [6.07, 6.45) is 4.97. The summed E-state index contributed by atoms with van der Waals surface area (Å²) in [5.74, 6) is -1.18. The fourth-order valence-corrected chi connectivity index (χ4v) is 6.76. The number of carboxylic acid groups (broad SMARTS) is 1. The maximum Gasteiger partial charge on any atom is 1.00 e. The van der Waals surface area contributed by atoms with E-state index in [4.69, 9.17) is 28.2 Å². The standard InChI is InChI=1S/C32H39Cl2N3O4.Na/c1-5-26(20-7-9-21(10-8-20)29(40)35-16-13-27(38)39)37-30(41)28(22-17-24(33)19-25(34)18-22)36-32(37)14-11-23(12-15-32)31(3,4)6-2;/h7-10,17-19,23,26H,5-6,11-16H2,1-4H3,(H,35,40)(H,38,39);/q;+1/p-1/t23?,26-,32?;/m1./s1. The Morgan fingerprint density at radius 1 is 1.10 bits per heavy atom. The van der Waals surface area contributed by atoms with Crippen molar-refractivity contribution in [2.24, 2.45) is 16.3 Å². The molecule has 2 aliphatic rings. The second-order valence-electron chi connectivity index (χ2n) is 11.8. The molecule has 4 rings (SSSR count). The number of aliphatic carboxylic acids is 1. The summed E-state index contributed by atoms with van der Waals surface area (Å²) in [6, 6.07) is 12.0. The first-order valence-electron chi connectivity index (χ1n) is 14.4. The predicted octanol–water partition coefficient (Wildman–Crippen LogP) is 2.97. The first-order chi connectivity index (χ1) is 19.4. The van der Waals surface area contributed by atoms with E-state index in [1.165, 1.54) is 0 Å². The van der Waals surface area contributed by atoms with Crippen LogP contribution in [-0.4, -0.2) is 40.6 Å². The van der Waals surface area contributed by atoms with E-state index in [1.54, 1.807) is 30.3 Å². The van der Waals surface area contributed by atoms with Crippen LogP contribution in [0, 0.1) is 11.3 Å². The van der Waals surface area contributed by atoms with E-state index in [0.29, 0.717) is 39.2 Å². The Morgan fingerprint density at radius 3 is 2.21 bits per heavy atom. The van der Waals surface area contributed by atoms with Crippen LogP contribution >= 0.6 is 23.2 Å². The quantitative estimate of drug-likeness (QED) is 0.412. The third-order valence-electron chi connectivity index (χ3n) is 9.00. The van der Waals surface area contributed by atoms with Crippen molar-refractivity contribution in [1.29, 1.82) is 0 Å². The van der Waals surface area contributed by atoms with E-state index < -0.39 is 11.6 Å². The Bertz CT molecular complexity index is 1320. The van der Waals surface area contributed by atoms with Crippen molar-refractivity contribution in [3.8, 4) is 0 Å². The molecule has 1 aliphatic carbocycles. The molecule has 42 heavy (non-hydrogen) atoms. The number of rotatable bonds is 10. The van der Waals surface area contributed by atoms with Crippen molar-refractivity contribution in [3.05, 3.63) is 69.2 Å². The number of carbonyl (C=O) groups is 3. The number of aliphatic imine (C=N–C) groups is 1. The van der Waals surface area contributed by atoms with Gasteiger partial charge in [-0.25, -0.2) is 0 Å². The minimum Gasteiger partial charge on any atom is -0.550 e. The van der Waals surface area contributed by atoms with E-state index in [2.05, 4.69) is 26.1 Å². The molecule has 1 heterocycles. The fraction of sp³-hybridized carbons (Fsp3) is 0.500. The van der Waals surface area contributed by atoms with Gasteiger partial charge >= 0.3 is 29.6 Å². The van der Waals surface area contributed by atoms with Crippen LogP contribution in [0.4, 0.5) is 0 Å². The van der Waals surface area contributed by atoms with E-state index in [-0.39, 0.29) is 65.8 Å². The largest absolute Gasteiger partial charge is 1.00 e. The molecule has 2 aromatic rings. The van der Waals surface area contributed by atoms with Crippen molar-refractivity contribution in [3.63, 3.8) is 0 Å². The molecule has 0 aromatic heterocycles. The topological polar surface area (TPSA) is 102 Å². The minimum absolute atomic E-state index is 0. The van der Waals surface area contributed by atoms with Crippen LogP contribution in [0.1, 0.15) is 100 Å². The number of nitrogens with one attached hydrogen (secondary N) is 1. The maximum atomic E-state index is 14.3. The molecule has 0 unspecified atom stereocenters. The summed E-state index contributed by atoms with van der Waals surface area (Å²) >= 11 is 12.6. The number of halogens is 2. The van der Waals surface area contributed by atoms with E-state index in [1.807, 2.05) is 24.0 Å². The Hall–Kier alpha value is -1.90. The minimum atomic E-state index is -1.22. The average molecular weight is 623 g/mol. The van der Waals surface area contributed by atoms with Crippen LogP contribution in [0.25, 0.3) is 0 Å². The number of hydrogen-bond acceptors (Lipinski definition) is 5. The number of nitrogens with zero attached hydrogens (tertiary/aromatic N) is 2. The number of amides is 2. The molecule has 2 aromatic carbocycles. The van der Waals surface area contributed by atoms with Gasteiger partial charge in [0.1, 0.15) is 11.4 Å². The third kappa shape index (κ3) is 7.41. The molecular formula is C32H38Cl2N3NaO4. The van der Waals surface area contributed by atoms with Crippen LogP contribution in [-0.2, 0) is 9.59 Å². The number of carbonyl (C=O) groups excluding carboxylic acids is 3. The van der Waals surface area contributed by atoms with Gasteiger partial charge < -0.3 is 20.1 Å². The van der Waals surface area contributed by atoms with Crippen LogP contribution in [0.5, 0.6) is 0 Å². The number of carboxylic acids is 1. The molecule has 220 valence electrons. The van der Waals surface area contributed by atoms with Gasteiger partial charge in [0.25, 0.3) is 11.8 Å². The van der Waals surface area contributed by atoms with E-state index in [9.17, 15) is 19.5 Å². The molecule has 2 amide bonds. The Kier molecular flexibility index (Phi) is 11.7. The van der Waals surface area contributed by atoms with Gasteiger partial charge in [-0.05, 0) is 79.3 Å². The molecular weight excluding hydrogens is 584 g/mol. The monoisotopic (exact) mass is 621 g/mol. The zero-order chi connectivity index (χ0) is 29.9. The zero-order valence-electron chi connectivity index (χ0n) is 25.1. The van der Waals surface area contributed by atoms with Gasteiger partial charge in [0.2, 0.25) is 0 Å². The summed E-state index contributed by atoms with van der Waals surface area (Å²) in [6.45, 7) is 8.92. The molecule has 10 heteroatoms. The molecule has 0 radical (unpaired) electrons. The Morgan fingerprint density at radius 2 is 1.69 bits per heavy atom. The summed E-state index contributed by atoms with van der Waals surface area (Å²) in [4.78, 5) is 44.5. The second kappa shape index (κ2) is 14.3. The van der Waals surface area contributed by atoms with Gasteiger partial charge in [0.05, 0.1) is 6.04 Å². The summed E-state index contributed by atoms with van der Waals surface area (Å²) in [5.41, 5.74) is 1.85. The van der Waals surface area contributed by atoms with E-state index in [0.717, 1.165) is 37.7 Å². The van der Waals surface area contributed by atoms with Crippen LogP contribution in [0.3, 0.4) is 0 Å². The van der Waals surface area contributed by atoms with Crippen molar-refractivity contribution in [2.75, 3.05) is 6.54 Å². The van der Waals surface area contributed by atoms with Crippen LogP contribution < -0.4 is 40.0 Å². The maximum absolute atomic E-state index is 14.3. The van der Waals surface area contributed by atoms with Gasteiger partial charge in [0.15, 0.2) is 0 Å². The van der Waals surface area contributed by atoms with Crippen molar-refractivity contribution < 1.29 is 49.0 Å². The molecule has 0 bridgehead atoms. The molecule has 1 N–H and O–H groups in total. The zero-order valence-corrected chi connectivity index (χ0v) is 28.6. The Balaban J connectivity index is 0.00000484. The van der Waals surface area contributed by atoms with Crippen molar-refractivity contribution >= 4 is 46.7 Å². The number of benzene rings is 2. The molecule has 7 nitrogen and oxygen atoms in total. The first-order valence-corrected chi connectivity index (χ1v) is 15.1. The summed E-state index contributed by atoms with van der Waals surface area (Å²) < 4.78 is 0. The summed E-state index contributed by atoms with van der Waals surface area (Å²) in [7, 11) is 0. The summed E-state index contributed by atoms with van der Waals surface area (Å²) in [5, 5.41) is 14.2. The molecule has 1 fully saturated rings. The molecule has 1 aliphatic heterocycles. The molecule has 1 saturated carbocycles. The van der Waals surface area contributed by atoms with Gasteiger partial charge in [0, 0.05) is 40.1 Å². The van der Waals surface area contributed by atoms with Gasteiger partial charge in [-0.15, -0.1) is 0 Å². The van der Waals surface area contributed by atoms with Gasteiger partial charge in [-0.2, -0.15) is 0 Å². The smallest absolute Gasteiger partial charge is 0.550 e. The third-order valence-corrected chi connectivity index (χ3v) is 9.44. The van der Waals surface area contributed by atoms with Crippen LogP contribution in [0.15, 0.2) is 47.5 Å².